The molecule has 0 spiro atoms. The molecule has 7 heteroatoms. The molecule has 2 amide bonds. The molecule has 6 nitrogen and oxygen atoms in total. The van der Waals surface area contributed by atoms with Crippen LogP contribution in [0.15, 0.2) is 30.3 Å². The Kier molecular flexibility index (Phi) is 5.32. The van der Waals surface area contributed by atoms with E-state index in [1.54, 1.807) is 16.7 Å². The molecule has 3 rings (SSSR count). The van der Waals surface area contributed by atoms with Crippen LogP contribution in [0.25, 0.3) is 0 Å². The van der Waals surface area contributed by atoms with Crippen LogP contribution in [0.1, 0.15) is 31.7 Å². The summed E-state index contributed by atoms with van der Waals surface area (Å²) in [5.41, 5.74) is 1.03. The van der Waals surface area contributed by atoms with Gasteiger partial charge in [-0.1, -0.05) is 37.3 Å². The summed E-state index contributed by atoms with van der Waals surface area (Å²) < 4.78 is 5.16. The van der Waals surface area contributed by atoms with Gasteiger partial charge in [0.15, 0.2) is 6.61 Å². The smallest absolute Gasteiger partial charge is 0.330 e. The van der Waals surface area contributed by atoms with Crippen LogP contribution in [0.3, 0.4) is 0 Å². The molecule has 0 bridgehead atoms. The van der Waals surface area contributed by atoms with Crippen molar-refractivity contribution in [2.45, 2.75) is 37.1 Å². The highest BCUT2D eigenvalue weighted by Gasteiger charge is 2.57. The Morgan fingerprint density at radius 2 is 2.12 bits per heavy atom. The Bertz CT molecular complexity index is 666. The fourth-order valence-corrected chi connectivity index (χ4v) is 5.00. The van der Waals surface area contributed by atoms with Crippen LogP contribution in [0.2, 0.25) is 0 Å². The van der Waals surface area contributed by atoms with E-state index in [-0.39, 0.29) is 18.4 Å². The van der Waals surface area contributed by atoms with Crippen molar-refractivity contribution in [2.24, 2.45) is 0 Å². The van der Waals surface area contributed by atoms with Gasteiger partial charge in [0.1, 0.15) is 10.9 Å². The molecule has 0 saturated carbocycles. The molecule has 2 aliphatic heterocycles. The number of fused-ring (bicyclic) bond motifs is 1. The summed E-state index contributed by atoms with van der Waals surface area (Å²) in [4.78, 5) is 37.7. The van der Waals surface area contributed by atoms with Crippen molar-refractivity contribution >= 4 is 29.5 Å². The van der Waals surface area contributed by atoms with Gasteiger partial charge in [0, 0.05) is 18.7 Å². The molecule has 2 saturated heterocycles. The lowest BCUT2D eigenvalue weighted by Crippen LogP contribution is -2.47. The van der Waals surface area contributed by atoms with E-state index in [0.29, 0.717) is 25.1 Å². The SMILES string of the molecule is CCCNC(=O)COC(=O)[C@H]1CS[C@]2(c3ccccc3)CCC(=O)N12. The molecule has 134 valence electrons. The van der Waals surface area contributed by atoms with Gasteiger partial charge in [-0.3, -0.25) is 9.59 Å². The normalized spacial score (nSPS) is 24.9. The van der Waals surface area contributed by atoms with E-state index in [4.69, 9.17) is 4.74 Å². The largest absolute Gasteiger partial charge is 0.454 e. The molecule has 0 aliphatic carbocycles. The number of thioether (sulfide) groups is 1. The number of hydrogen-bond acceptors (Lipinski definition) is 5. The van der Waals surface area contributed by atoms with Crippen LogP contribution in [0.4, 0.5) is 0 Å². The number of nitrogens with one attached hydrogen (secondary N) is 1. The zero-order chi connectivity index (χ0) is 17.9. The zero-order valence-electron chi connectivity index (χ0n) is 14.2. The maximum atomic E-state index is 12.5. The highest BCUT2D eigenvalue weighted by atomic mass is 32.2. The average molecular weight is 362 g/mol. The Labute approximate surface area is 151 Å². The van der Waals surface area contributed by atoms with Gasteiger partial charge in [-0.15, -0.1) is 11.8 Å². The number of nitrogens with zero attached hydrogens (tertiary/aromatic N) is 1. The number of benzene rings is 1. The topological polar surface area (TPSA) is 75.7 Å². The Morgan fingerprint density at radius 3 is 2.84 bits per heavy atom. The number of amides is 2. The summed E-state index contributed by atoms with van der Waals surface area (Å²) in [6, 6.07) is 9.15. The van der Waals surface area contributed by atoms with E-state index >= 15 is 0 Å². The molecule has 1 aromatic rings. The second kappa shape index (κ2) is 7.47. The first-order chi connectivity index (χ1) is 12.1. The molecular formula is C18H22N2O4S. The van der Waals surface area contributed by atoms with Crippen molar-refractivity contribution in [2.75, 3.05) is 18.9 Å². The van der Waals surface area contributed by atoms with Gasteiger partial charge in [-0.05, 0) is 18.4 Å². The van der Waals surface area contributed by atoms with Gasteiger partial charge < -0.3 is 15.0 Å². The van der Waals surface area contributed by atoms with E-state index in [2.05, 4.69) is 5.32 Å². The van der Waals surface area contributed by atoms with Crippen LogP contribution in [0.5, 0.6) is 0 Å². The average Bonchev–Trinajstić information content (AvgIpc) is 3.18. The molecule has 2 atom stereocenters. The highest BCUT2D eigenvalue weighted by Crippen LogP contribution is 2.54. The highest BCUT2D eigenvalue weighted by molar-refractivity contribution is 8.00. The van der Waals surface area contributed by atoms with Crippen LogP contribution < -0.4 is 5.32 Å². The fraction of sp³-hybridized carbons (Fsp3) is 0.500. The molecule has 2 aliphatic rings. The Balaban J connectivity index is 1.71. The van der Waals surface area contributed by atoms with Gasteiger partial charge in [-0.25, -0.2) is 4.79 Å². The van der Waals surface area contributed by atoms with Crippen molar-refractivity contribution in [3.63, 3.8) is 0 Å². The summed E-state index contributed by atoms with van der Waals surface area (Å²) in [6.07, 6.45) is 1.92. The summed E-state index contributed by atoms with van der Waals surface area (Å²) >= 11 is 1.61. The Morgan fingerprint density at radius 1 is 1.36 bits per heavy atom. The van der Waals surface area contributed by atoms with Gasteiger partial charge in [-0.2, -0.15) is 0 Å². The molecule has 1 N–H and O–H groups in total. The maximum Gasteiger partial charge on any atom is 0.330 e. The fourth-order valence-electron chi connectivity index (χ4n) is 3.36. The molecule has 25 heavy (non-hydrogen) atoms. The minimum absolute atomic E-state index is 0.0359. The number of carbonyl (C=O) groups excluding carboxylic acids is 3. The van der Waals surface area contributed by atoms with E-state index < -0.39 is 16.9 Å². The standard InChI is InChI=1S/C18H22N2O4S/c1-2-10-19-15(21)11-24-17(23)14-12-25-18(9-8-16(22)20(14)18)13-6-4-3-5-7-13/h3-7,14H,2,8-12H2,1H3,(H,19,21)/t14-,18+/m1/s1. The van der Waals surface area contributed by atoms with E-state index in [1.807, 2.05) is 37.3 Å². The number of hydrogen-bond donors (Lipinski definition) is 1. The van der Waals surface area contributed by atoms with Gasteiger partial charge >= 0.3 is 5.97 Å². The van der Waals surface area contributed by atoms with Crippen molar-refractivity contribution in [1.82, 2.24) is 10.2 Å². The predicted octanol–water partition coefficient (Wildman–Crippen LogP) is 1.65. The third kappa shape index (κ3) is 3.38. The number of ether oxygens (including phenoxy) is 1. The van der Waals surface area contributed by atoms with Crippen LogP contribution in [-0.4, -0.2) is 47.6 Å². The summed E-state index contributed by atoms with van der Waals surface area (Å²) in [5.74, 6) is -0.378. The van der Waals surface area contributed by atoms with Gasteiger partial charge in [0.05, 0.1) is 0 Å². The first kappa shape index (κ1) is 17.8. The van der Waals surface area contributed by atoms with Crippen LogP contribution in [0, 0.1) is 0 Å². The van der Waals surface area contributed by atoms with Gasteiger partial charge in [0.25, 0.3) is 5.91 Å². The molecule has 1 aromatic carbocycles. The summed E-state index contributed by atoms with van der Waals surface area (Å²) in [7, 11) is 0. The van der Waals surface area contributed by atoms with Crippen molar-refractivity contribution < 1.29 is 19.1 Å². The number of carbonyl (C=O) groups is 3. The van der Waals surface area contributed by atoms with E-state index in [1.165, 1.54) is 0 Å². The Hall–Kier alpha value is -2.02. The minimum Gasteiger partial charge on any atom is -0.454 e. The molecule has 0 unspecified atom stereocenters. The van der Waals surface area contributed by atoms with Gasteiger partial charge in [0.2, 0.25) is 5.91 Å². The maximum absolute atomic E-state index is 12.5. The summed E-state index contributed by atoms with van der Waals surface area (Å²) in [6.45, 7) is 2.20. The molecular weight excluding hydrogens is 340 g/mol. The van der Waals surface area contributed by atoms with E-state index in [0.717, 1.165) is 12.0 Å². The van der Waals surface area contributed by atoms with Crippen LogP contribution >= 0.6 is 11.8 Å². The monoisotopic (exact) mass is 362 g/mol. The zero-order valence-corrected chi connectivity index (χ0v) is 15.0. The third-order valence-corrected chi connectivity index (χ3v) is 6.14. The van der Waals surface area contributed by atoms with Crippen molar-refractivity contribution in [3.8, 4) is 0 Å². The molecule has 2 fully saturated rings. The third-order valence-electron chi connectivity index (χ3n) is 4.54. The lowest BCUT2D eigenvalue weighted by atomic mass is 10.0. The second-order valence-electron chi connectivity index (χ2n) is 6.20. The molecule has 0 radical (unpaired) electrons. The quantitative estimate of drug-likeness (QED) is 0.779. The second-order valence-corrected chi connectivity index (χ2v) is 7.50. The van der Waals surface area contributed by atoms with Crippen molar-refractivity contribution in [1.29, 1.82) is 0 Å². The number of esters is 1. The van der Waals surface area contributed by atoms with Crippen LogP contribution in [-0.2, 0) is 24.0 Å². The number of rotatable bonds is 6. The van der Waals surface area contributed by atoms with E-state index in [9.17, 15) is 14.4 Å². The predicted molar refractivity (Wildman–Crippen MR) is 94.7 cm³/mol. The molecule has 0 aromatic heterocycles. The summed E-state index contributed by atoms with van der Waals surface area (Å²) in [5, 5.41) is 2.66. The van der Waals surface area contributed by atoms with Crippen molar-refractivity contribution in [3.05, 3.63) is 35.9 Å². The molecule has 2 heterocycles. The lowest BCUT2D eigenvalue weighted by Gasteiger charge is -2.33. The first-order valence-corrected chi connectivity index (χ1v) is 9.52. The first-order valence-electron chi connectivity index (χ1n) is 8.53. The minimum atomic E-state index is -0.640. The lowest BCUT2D eigenvalue weighted by molar-refractivity contribution is -0.156.